The molecular weight excluding hydrogens is 329 g/mol. The summed E-state index contributed by atoms with van der Waals surface area (Å²) >= 11 is 5.78. The van der Waals surface area contributed by atoms with E-state index in [-0.39, 0.29) is 17.2 Å². The summed E-state index contributed by atoms with van der Waals surface area (Å²) in [6.07, 6.45) is 0. The number of benzene rings is 2. The van der Waals surface area contributed by atoms with Crippen molar-refractivity contribution in [3.05, 3.63) is 58.9 Å². The highest BCUT2D eigenvalue weighted by atomic mass is 35.5. The fourth-order valence-corrected chi connectivity index (χ4v) is 3.14. The van der Waals surface area contributed by atoms with Crippen LogP contribution in [-0.2, 0) is 16.6 Å². The summed E-state index contributed by atoms with van der Waals surface area (Å²) in [7, 11) is -3.70. The zero-order valence-corrected chi connectivity index (χ0v) is 13.4. The van der Waals surface area contributed by atoms with Crippen molar-refractivity contribution in [2.75, 3.05) is 6.61 Å². The average Bonchev–Trinajstić information content (AvgIpc) is 2.48. The summed E-state index contributed by atoms with van der Waals surface area (Å²) in [4.78, 5) is 0.0615. The third kappa shape index (κ3) is 4.19. The average molecular weight is 344 g/mol. The van der Waals surface area contributed by atoms with Crippen molar-refractivity contribution < 1.29 is 17.5 Å². The monoisotopic (exact) mass is 343 g/mol. The maximum atomic E-state index is 13.7. The molecule has 0 atom stereocenters. The van der Waals surface area contributed by atoms with Crippen LogP contribution in [0.15, 0.2) is 47.4 Å². The molecule has 118 valence electrons. The minimum atomic E-state index is -3.70. The Bertz CT molecular complexity index is 765. The van der Waals surface area contributed by atoms with Gasteiger partial charge in [0, 0.05) is 11.6 Å². The molecule has 2 rings (SSSR count). The first-order chi connectivity index (χ1) is 10.4. The molecule has 22 heavy (non-hydrogen) atoms. The van der Waals surface area contributed by atoms with E-state index in [1.807, 2.05) is 0 Å². The maximum absolute atomic E-state index is 13.7. The van der Waals surface area contributed by atoms with Gasteiger partial charge in [-0.3, -0.25) is 0 Å². The van der Waals surface area contributed by atoms with Gasteiger partial charge in [0.05, 0.1) is 11.5 Å². The standard InChI is InChI=1S/C15H15ClFNO3S/c1-2-21-15-7-6-11(8-14(15)17)10-18-22(19,20)13-5-3-4-12(16)9-13/h3-9,18H,2,10H2,1H3. The minimum Gasteiger partial charge on any atom is -0.491 e. The lowest BCUT2D eigenvalue weighted by Crippen LogP contribution is -2.23. The summed E-state index contributed by atoms with van der Waals surface area (Å²) in [6, 6.07) is 10.2. The van der Waals surface area contributed by atoms with Gasteiger partial charge < -0.3 is 4.74 Å². The summed E-state index contributed by atoms with van der Waals surface area (Å²) < 4.78 is 45.5. The van der Waals surface area contributed by atoms with Gasteiger partial charge in [-0.15, -0.1) is 0 Å². The molecule has 4 nitrogen and oxygen atoms in total. The van der Waals surface area contributed by atoms with Gasteiger partial charge in [-0.1, -0.05) is 23.7 Å². The number of ether oxygens (including phenoxy) is 1. The van der Waals surface area contributed by atoms with Crippen LogP contribution in [0.5, 0.6) is 5.75 Å². The van der Waals surface area contributed by atoms with Gasteiger partial charge in [0.25, 0.3) is 0 Å². The zero-order chi connectivity index (χ0) is 16.2. The lowest BCUT2D eigenvalue weighted by molar-refractivity contribution is 0.321. The second kappa shape index (κ2) is 7.09. The van der Waals surface area contributed by atoms with Gasteiger partial charge in [0.1, 0.15) is 0 Å². The predicted molar refractivity (Wildman–Crippen MR) is 83.0 cm³/mol. The molecule has 0 aliphatic heterocycles. The normalized spacial score (nSPS) is 11.4. The van der Waals surface area contributed by atoms with Crippen molar-refractivity contribution in [3.8, 4) is 5.75 Å². The first kappa shape index (κ1) is 16.7. The topological polar surface area (TPSA) is 55.4 Å². The van der Waals surface area contributed by atoms with Crippen molar-refractivity contribution in [1.82, 2.24) is 4.72 Å². The molecule has 0 fully saturated rings. The predicted octanol–water partition coefficient (Wildman–Crippen LogP) is 3.36. The first-order valence-corrected chi connectivity index (χ1v) is 8.45. The number of rotatable bonds is 6. The molecule has 0 heterocycles. The van der Waals surface area contributed by atoms with Gasteiger partial charge >= 0.3 is 0 Å². The molecule has 7 heteroatoms. The van der Waals surface area contributed by atoms with Crippen LogP contribution in [-0.4, -0.2) is 15.0 Å². The summed E-state index contributed by atoms with van der Waals surface area (Å²) in [5.41, 5.74) is 0.492. The van der Waals surface area contributed by atoms with E-state index in [2.05, 4.69) is 4.72 Å². The highest BCUT2D eigenvalue weighted by Gasteiger charge is 2.14. The van der Waals surface area contributed by atoms with E-state index in [9.17, 15) is 12.8 Å². The molecule has 0 bridgehead atoms. The fraction of sp³-hybridized carbons (Fsp3) is 0.200. The molecule has 1 N–H and O–H groups in total. The van der Waals surface area contributed by atoms with E-state index < -0.39 is 15.8 Å². The third-order valence-corrected chi connectivity index (χ3v) is 4.50. The number of halogens is 2. The third-order valence-electron chi connectivity index (χ3n) is 2.87. The second-order valence-corrected chi connectivity index (χ2v) is 6.68. The molecule has 0 amide bonds. The van der Waals surface area contributed by atoms with Crippen LogP contribution in [0.25, 0.3) is 0 Å². The Kier molecular flexibility index (Phi) is 5.39. The van der Waals surface area contributed by atoms with Crippen molar-refractivity contribution in [3.63, 3.8) is 0 Å². The maximum Gasteiger partial charge on any atom is 0.240 e. The van der Waals surface area contributed by atoms with Gasteiger partial charge in [-0.2, -0.15) is 0 Å². The minimum absolute atomic E-state index is 0.0296. The van der Waals surface area contributed by atoms with E-state index >= 15 is 0 Å². The van der Waals surface area contributed by atoms with Crippen LogP contribution < -0.4 is 9.46 Å². The van der Waals surface area contributed by atoms with E-state index in [1.165, 1.54) is 24.3 Å². The Morgan fingerprint density at radius 1 is 1.23 bits per heavy atom. The Morgan fingerprint density at radius 3 is 2.64 bits per heavy atom. The lowest BCUT2D eigenvalue weighted by atomic mass is 10.2. The van der Waals surface area contributed by atoms with E-state index in [0.29, 0.717) is 17.2 Å². The number of hydrogen-bond acceptors (Lipinski definition) is 3. The Balaban J connectivity index is 2.11. The molecule has 0 spiro atoms. The second-order valence-electron chi connectivity index (χ2n) is 4.48. The zero-order valence-electron chi connectivity index (χ0n) is 11.8. The van der Waals surface area contributed by atoms with E-state index in [4.69, 9.17) is 16.3 Å². The number of nitrogens with one attached hydrogen (secondary N) is 1. The van der Waals surface area contributed by atoms with Crippen LogP contribution in [0.4, 0.5) is 4.39 Å². The van der Waals surface area contributed by atoms with Crippen LogP contribution in [0.1, 0.15) is 12.5 Å². The van der Waals surface area contributed by atoms with Crippen molar-refractivity contribution in [2.45, 2.75) is 18.4 Å². The molecule has 0 saturated heterocycles. The molecule has 2 aromatic rings. The summed E-state index contributed by atoms with van der Waals surface area (Å²) in [5.74, 6) is -0.384. The number of hydrogen-bond donors (Lipinski definition) is 1. The quantitative estimate of drug-likeness (QED) is 0.875. The molecule has 0 aromatic heterocycles. The van der Waals surface area contributed by atoms with Crippen LogP contribution >= 0.6 is 11.6 Å². The Morgan fingerprint density at radius 2 is 2.00 bits per heavy atom. The molecule has 0 radical (unpaired) electrons. The highest BCUT2D eigenvalue weighted by Crippen LogP contribution is 2.19. The van der Waals surface area contributed by atoms with Crippen molar-refractivity contribution in [1.29, 1.82) is 0 Å². The van der Waals surface area contributed by atoms with Gasteiger partial charge in [-0.05, 0) is 42.8 Å². The Labute approximate surface area is 133 Å². The molecule has 2 aromatic carbocycles. The van der Waals surface area contributed by atoms with Crippen molar-refractivity contribution >= 4 is 21.6 Å². The van der Waals surface area contributed by atoms with Gasteiger partial charge in [0.2, 0.25) is 10.0 Å². The van der Waals surface area contributed by atoms with E-state index in [0.717, 1.165) is 0 Å². The van der Waals surface area contributed by atoms with Gasteiger partial charge in [0.15, 0.2) is 11.6 Å². The van der Waals surface area contributed by atoms with Crippen LogP contribution in [0.2, 0.25) is 5.02 Å². The van der Waals surface area contributed by atoms with Gasteiger partial charge in [-0.25, -0.2) is 17.5 Å². The molecule has 0 saturated carbocycles. The smallest absolute Gasteiger partial charge is 0.240 e. The summed E-state index contributed by atoms with van der Waals surface area (Å²) in [6.45, 7) is 2.09. The molecular formula is C15H15ClFNO3S. The highest BCUT2D eigenvalue weighted by molar-refractivity contribution is 7.89. The van der Waals surface area contributed by atoms with Crippen LogP contribution in [0.3, 0.4) is 0 Å². The van der Waals surface area contributed by atoms with Crippen LogP contribution in [0, 0.1) is 5.82 Å². The lowest BCUT2D eigenvalue weighted by Gasteiger charge is -2.09. The van der Waals surface area contributed by atoms with Crippen molar-refractivity contribution in [2.24, 2.45) is 0 Å². The molecule has 0 unspecified atom stereocenters. The molecule has 0 aliphatic carbocycles. The largest absolute Gasteiger partial charge is 0.491 e. The SMILES string of the molecule is CCOc1ccc(CNS(=O)(=O)c2cccc(Cl)c2)cc1F. The number of sulfonamides is 1. The fourth-order valence-electron chi connectivity index (χ4n) is 1.82. The first-order valence-electron chi connectivity index (χ1n) is 6.59. The van der Waals surface area contributed by atoms with E-state index in [1.54, 1.807) is 25.1 Å². The summed E-state index contributed by atoms with van der Waals surface area (Å²) in [5, 5.41) is 0.329. The Hall–Kier alpha value is -1.63. The molecule has 0 aliphatic rings.